The molecule has 4 aromatic carbocycles. The first-order valence-corrected chi connectivity index (χ1v) is 11.7. The summed E-state index contributed by atoms with van der Waals surface area (Å²) in [7, 11) is 0. The molecule has 0 saturated carbocycles. The molecular weight excluding hydrogens is 512 g/mol. The van der Waals surface area contributed by atoms with E-state index in [4.69, 9.17) is 21.6 Å². The molecule has 0 atom stereocenters. The van der Waals surface area contributed by atoms with Gasteiger partial charge in [-0.3, -0.25) is 4.79 Å². The molecule has 1 heterocycles. The third kappa shape index (κ3) is 4.78. The number of rotatable bonds is 5. The van der Waals surface area contributed by atoms with Gasteiger partial charge in [0.15, 0.2) is 5.82 Å². The SMILES string of the molecule is O=C(Nc1ccc(Nc2nc(-c3ccccc3)nc3ccccc23)cc1)c1cc(Br)ccc1Cl. The number of nitrogens with zero attached hydrogens (tertiary/aromatic N) is 2. The molecule has 0 spiro atoms. The number of nitrogens with one attached hydrogen (secondary N) is 2. The zero-order valence-corrected chi connectivity index (χ0v) is 20.1. The number of para-hydroxylation sites is 1. The minimum Gasteiger partial charge on any atom is -0.340 e. The first-order chi connectivity index (χ1) is 16.6. The largest absolute Gasteiger partial charge is 0.340 e. The van der Waals surface area contributed by atoms with E-state index in [9.17, 15) is 4.79 Å². The number of hydrogen-bond donors (Lipinski definition) is 2. The molecule has 1 amide bonds. The van der Waals surface area contributed by atoms with Crippen molar-refractivity contribution in [2.24, 2.45) is 0 Å². The standard InChI is InChI=1S/C27H18BrClN4O/c28-18-10-15-23(29)22(16-18)27(34)31-20-13-11-19(12-14-20)30-26-21-8-4-5-9-24(21)32-25(33-26)17-6-2-1-3-7-17/h1-16H,(H,31,34)(H,30,32,33). The number of hydrogen-bond acceptors (Lipinski definition) is 4. The zero-order valence-electron chi connectivity index (χ0n) is 17.8. The highest BCUT2D eigenvalue weighted by Gasteiger charge is 2.12. The van der Waals surface area contributed by atoms with Crippen LogP contribution in [-0.2, 0) is 0 Å². The van der Waals surface area contributed by atoms with Crippen LogP contribution in [0.2, 0.25) is 5.02 Å². The van der Waals surface area contributed by atoms with Gasteiger partial charge in [-0.1, -0.05) is 70.0 Å². The van der Waals surface area contributed by atoms with Gasteiger partial charge >= 0.3 is 0 Å². The maximum atomic E-state index is 12.6. The first-order valence-electron chi connectivity index (χ1n) is 10.5. The average Bonchev–Trinajstić information content (AvgIpc) is 2.87. The van der Waals surface area contributed by atoms with Gasteiger partial charge in [0.05, 0.1) is 16.1 Å². The molecule has 5 rings (SSSR count). The van der Waals surface area contributed by atoms with Crippen LogP contribution in [0, 0.1) is 0 Å². The number of carbonyl (C=O) groups excluding carboxylic acids is 1. The van der Waals surface area contributed by atoms with Crippen LogP contribution in [0.1, 0.15) is 10.4 Å². The Hall–Kier alpha value is -3.74. The lowest BCUT2D eigenvalue weighted by molar-refractivity contribution is 0.102. The van der Waals surface area contributed by atoms with Crippen LogP contribution in [0.15, 0.2) is 102 Å². The van der Waals surface area contributed by atoms with Crippen LogP contribution >= 0.6 is 27.5 Å². The zero-order chi connectivity index (χ0) is 23.5. The predicted molar refractivity (Wildman–Crippen MR) is 142 cm³/mol. The lowest BCUT2D eigenvalue weighted by Gasteiger charge is -2.12. The number of carbonyl (C=O) groups is 1. The van der Waals surface area contributed by atoms with E-state index in [0.29, 0.717) is 27.9 Å². The fourth-order valence-electron chi connectivity index (χ4n) is 3.53. The number of anilines is 3. The number of benzene rings is 4. The van der Waals surface area contributed by atoms with E-state index in [2.05, 4.69) is 26.6 Å². The molecule has 166 valence electrons. The van der Waals surface area contributed by atoms with Crippen LogP contribution < -0.4 is 10.6 Å². The van der Waals surface area contributed by atoms with Crippen LogP contribution in [0.25, 0.3) is 22.3 Å². The summed E-state index contributed by atoms with van der Waals surface area (Å²) in [5.41, 5.74) is 3.69. The summed E-state index contributed by atoms with van der Waals surface area (Å²) in [5, 5.41) is 7.59. The van der Waals surface area contributed by atoms with Gasteiger partial charge < -0.3 is 10.6 Å². The van der Waals surface area contributed by atoms with Gasteiger partial charge in [0.25, 0.3) is 5.91 Å². The smallest absolute Gasteiger partial charge is 0.257 e. The van der Waals surface area contributed by atoms with Gasteiger partial charge in [-0.25, -0.2) is 9.97 Å². The second kappa shape index (κ2) is 9.63. The summed E-state index contributed by atoms with van der Waals surface area (Å²) >= 11 is 9.54. The molecule has 34 heavy (non-hydrogen) atoms. The van der Waals surface area contributed by atoms with E-state index in [1.165, 1.54) is 0 Å². The van der Waals surface area contributed by atoms with Crippen molar-refractivity contribution in [2.45, 2.75) is 0 Å². The van der Waals surface area contributed by atoms with E-state index >= 15 is 0 Å². The number of amides is 1. The summed E-state index contributed by atoms with van der Waals surface area (Å²) < 4.78 is 0.786. The molecule has 0 aliphatic rings. The van der Waals surface area contributed by atoms with Crippen molar-refractivity contribution in [1.82, 2.24) is 9.97 Å². The summed E-state index contributed by atoms with van der Waals surface area (Å²) in [4.78, 5) is 22.1. The van der Waals surface area contributed by atoms with Gasteiger partial charge in [-0.15, -0.1) is 0 Å². The van der Waals surface area contributed by atoms with Crippen molar-refractivity contribution < 1.29 is 4.79 Å². The summed E-state index contributed by atoms with van der Waals surface area (Å²) in [6.45, 7) is 0. The highest BCUT2D eigenvalue weighted by molar-refractivity contribution is 9.10. The fourth-order valence-corrected chi connectivity index (χ4v) is 4.10. The summed E-state index contributed by atoms with van der Waals surface area (Å²) in [5.74, 6) is 1.08. The molecule has 0 unspecified atom stereocenters. The number of aromatic nitrogens is 2. The van der Waals surface area contributed by atoms with E-state index < -0.39 is 0 Å². The topological polar surface area (TPSA) is 66.9 Å². The maximum Gasteiger partial charge on any atom is 0.257 e. The summed E-state index contributed by atoms with van der Waals surface area (Å²) in [6, 6.07) is 30.4. The van der Waals surface area contributed by atoms with Crippen LogP contribution in [-0.4, -0.2) is 15.9 Å². The molecule has 0 fully saturated rings. The van der Waals surface area contributed by atoms with E-state index in [1.54, 1.807) is 18.2 Å². The van der Waals surface area contributed by atoms with Crippen LogP contribution in [0.5, 0.6) is 0 Å². The third-order valence-corrected chi connectivity index (χ3v) is 6.04. The van der Waals surface area contributed by atoms with Crippen LogP contribution in [0.3, 0.4) is 0 Å². The molecule has 1 aromatic heterocycles. The van der Waals surface area contributed by atoms with Crippen molar-refractivity contribution in [3.05, 3.63) is 112 Å². The lowest BCUT2D eigenvalue weighted by Crippen LogP contribution is -2.12. The van der Waals surface area contributed by atoms with Gasteiger partial charge in [0.2, 0.25) is 0 Å². The normalized spacial score (nSPS) is 10.8. The number of fused-ring (bicyclic) bond motifs is 1. The fraction of sp³-hybridized carbons (Fsp3) is 0. The Labute approximate surface area is 210 Å². The predicted octanol–water partition coefficient (Wildman–Crippen LogP) is 7.71. The van der Waals surface area contributed by atoms with Crippen molar-refractivity contribution in [1.29, 1.82) is 0 Å². The molecule has 0 saturated heterocycles. The van der Waals surface area contributed by atoms with E-state index in [1.807, 2.05) is 78.9 Å². The average molecular weight is 530 g/mol. The third-order valence-electron chi connectivity index (χ3n) is 5.21. The van der Waals surface area contributed by atoms with Crippen molar-refractivity contribution in [2.75, 3.05) is 10.6 Å². The molecule has 5 aromatic rings. The molecule has 0 aliphatic carbocycles. The quantitative estimate of drug-likeness (QED) is 0.245. The van der Waals surface area contributed by atoms with Crippen molar-refractivity contribution >= 4 is 61.5 Å². The Morgan fingerprint density at radius 1 is 0.794 bits per heavy atom. The Kier molecular flexibility index (Phi) is 6.25. The maximum absolute atomic E-state index is 12.6. The number of halogens is 2. The second-order valence-corrected chi connectivity index (χ2v) is 8.88. The Bertz CT molecular complexity index is 1490. The molecule has 2 N–H and O–H groups in total. The van der Waals surface area contributed by atoms with E-state index in [0.717, 1.165) is 26.6 Å². The highest BCUT2D eigenvalue weighted by Crippen LogP contribution is 2.28. The minimum absolute atomic E-state index is 0.277. The lowest BCUT2D eigenvalue weighted by atomic mass is 10.1. The van der Waals surface area contributed by atoms with Gasteiger partial charge in [0, 0.05) is 26.8 Å². The monoisotopic (exact) mass is 528 g/mol. The Morgan fingerprint density at radius 2 is 1.50 bits per heavy atom. The van der Waals surface area contributed by atoms with E-state index in [-0.39, 0.29) is 5.91 Å². The van der Waals surface area contributed by atoms with Gasteiger partial charge in [-0.2, -0.15) is 0 Å². The molecule has 0 aliphatic heterocycles. The minimum atomic E-state index is -0.277. The molecule has 5 nitrogen and oxygen atoms in total. The molecule has 0 bridgehead atoms. The summed E-state index contributed by atoms with van der Waals surface area (Å²) in [6.07, 6.45) is 0. The van der Waals surface area contributed by atoms with Crippen LogP contribution in [0.4, 0.5) is 17.2 Å². The molecule has 7 heteroatoms. The second-order valence-electron chi connectivity index (χ2n) is 7.56. The molecular formula is C27H18BrClN4O. The first kappa shape index (κ1) is 22.1. The van der Waals surface area contributed by atoms with Gasteiger partial charge in [-0.05, 0) is 54.6 Å². The van der Waals surface area contributed by atoms with Gasteiger partial charge in [0.1, 0.15) is 5.82 Å². The van der Waals surface area contributed by atoms with Crippen molar-refractivity contribution in [3.8, 4) is 11.4 Å². The highest BCUT2D eigenvalue weighted by atomic mass is 79.9. The van der Waals surface area contributed by atoms with Crippen molar-refractivity contribution in [3.63, 3.8) is 0 Å². The Morgan fingerprint density at radius 3 is 2.29 bits per heavy atom. The molecule has 0 radical (unpaired) electrons. The Balaban J connectivity index is 1.40.